The predicted octanol–water partition coefficient (Wildman–Crippen LogP) is 2.22. The highest BCUT2D eigenvalue weighted by molar-refractivity contribution is 7.86. The summed E-state index contributed by atoms with van der Waals surface area (Å²) in [6.07, 6.45) is 0. The summed E-state index contributed by atoms with van der Waals surface area (Å²) in [7, 11) is -3.49. The van der Waals surface area contributed by atoms with Crippen molar-refractivity contribution in [3.8, 4) is 5.75 Å². The summed E-state index contributed by atoms with van der Waals surface area (Å²) in [5.74, 6) is 0.0360. The molecule has 6 heteroatoms. The Morgan fingerprint density at radius 3 is 2.69 bits per heavy atom. The van der Waals surface area contributed by atoms with Gasteiger partial charge < -0.3 is 4.18 Å². The zero-order chi connectivity index (χ0) is 9.64. The van der Waals surface area contributed by atoms with E-state index < -0.39 is 10.1 Å². The molecule has 0 radical (unpaired) electrons. The molecule has 0 bridgehead atoms. The van der Waals surface area contributed by atoms with Crippen LogP contribution in [0.3, 0.4) is 0 Å². The van der Waals surface area contributed by atoms with Gasteiger partial charge in [0.05, 0.1) is 5.02 Å². The van der Waals surface area contributed by atoms with Crippen LogP contribution >= 0.6 is 23.2 Å². The molecule has 0 N–H and O–H groups in total. The molecule has 0 saturated carbocycles. The molecule has 0 aromatic heterocycles. The highest BCUT2D eigenvalue weighted by atomic mass is 35.5. The van der Waals surface area contributed by atoms with E-state index in [0.717, 1.165) is 0 Å². The third-order valence-electron chi connectivity index (χ3n) is 1.63. The lowest BCUT2D eigenvalue weighted by Crippen LogP contribution is -2.02. The van der Waals surface area contributed by atoms with Gasteiger partial charge in [0.25, 0.3) is 0 Å². The van der Waals surface area contributed by atoms with Crippen molar-refractivity contribution in [2.24, 2.45) is 0 Å². The Morgan fingerprint density at radius 2 is 2.00 bits per heavy atom. The van der Waals surface area contributed by atoms with E-state index in [1.54, 1.807) is 0 Å². The molecule has 0 atom stereocenters. The maximum atomic E-state index is 11.0. The Hall–Kier alpha value is -0.450. The van der Waals surface area contributed by atoms with Gasteiger partial charge >= 0.3 is 10.1 Å². The standard InChI is InChI=1S/C7H4Cl2O3S/c8-5-1-4-3-13(10,11)12-7(4)6(9)2-5/h1-2H,3H2. The number of benzene rings is 1. The van der Waals surface area contributed by atoms with E-state index in [1.807, 2.05) is 0 Å². The fourth-order valence-electron chi connectivity index (χ4n) is 1.16. The summed E-state index contributed by atoms with van der Waals surface area (Å²) in [6.45, 7) is 0. The van der Waals surface area contributed by atoms with E-state index in [0.29, 0.717) is 10.6 Å². The molecule has 0 aliphatic carbocycles. The molecule has 1 aliphatic rings. The number of fused-ring (bicyclic) bond motifs is 1. The van der Waals surface area contributed by atoms with E-state index in [1.165, 1.54) is 12.1 Å². The van der Waals surface area contributed by atoms with Crippen LogP contribution < -0.4 is 4.18 Å². The van der Waals surface area contributed by atoms with Crippen LogP contribution in [0.5, 0.6) is 5.75 Å². The van der Waals surface area contributed by atoms with Gasteiger partial charge in [0, 0.05) is 10.6 Å². The molecule has 1 aliphatic heterocycles. The van der Waals surface area contributed by atoms with Crippen LogP contribution in [0.15, 0.2) is 12.1 Å². The molecule has 13 heavy (non-hydrogen) atoms. The first-order valence-corrected chi connectivity index (χ1v) is 5.71. The quantitative estimate of drug-likeness (QED) is 0.652. The number of hydrogen-bond acceptors (Lipinski definition) is 3. The molecule has 0 spiro atoms. The average Bonchev–Trinajstić information content (AvgIpc) is 2.23. The predicted molar refractivity (Wildman–Crippen MR) is 49.7 cm³/mol. The number of halogens is 2. The molecule has 0 amide bonds. The Labute approximate surface area is 85.3 Å². The van der Waals surface area contributed by atoms with Crippen molar-refractivity contribution in [1.29, 1.82) is 0 Å². The molecule has 0 unspecified atom stereocenters. The second-order valence-corrected chi connectivity index (χ2v) is 5.08. The molecular weight excluding hydrogens is 235 g/mol. The molecule has 3 nitrogen and oxygen atoms in total. The summed E-state index contributed by atoms with van der Waals surface area (Å²) >= 11 is 11.4. The fraction of sp³-hybridized carbons (Fsp3) is 0.143. The van der Waals surface area contributed by atoms with E-state index in [4.69, 9.17) is 23.2 Å². The summed E-state index contributed by atoms with van der Waals surface area (Å²) in [5.41, 5.74) is 0.512. The minimum absolute atomic E-state index is 0.164. The van der Waals surface area contributed by atoms with Gasteiger partial charge in [0.15, 0.2) is 5.75 Å². The van der Waals surface area contributed by atoms with E-state index in [2.05, 4.69) is 4.18 Å². The van der Waals surface area contributed by atoms with Gasteiger partial charge in [-0.2, -0.15) is 8.42 Å². The Balaban J connectivity index is 2.64. The first kappa shape index (κ1) is 9.12. The SMILES string of the molecule is O=S1(=O)Cc2cc(Cl)cc(Cl)c2O1. The molecule has 0 fully saturated rings. The topological polar surface area (TPSA) is 43.4 Å². The summed E-state index contributed by atoms with van der Waals surface area (Å²) in [4.78, 5) is 0. The summed E-state index contributed by atoms with van der Waals surface area (Å²) in [6, 6.07) is 2.98. The zero-order valence-corrected chi connectivity index (χ0v) is 8.58. The van der Waals surface area contributed by atoms with Crippen LogP contribution in [-0.2, 0) is 15.9 Å². The Kier molecular flexibility index (Phi) is 1.94. The van der Waals surface area contributed by atoms with Gasteiger partial charge in [-0.3, -0.25) is 0 Å². The Morgan fingerprint density at radius 1 is 1.31 bits per heavy atom. The number of hydrogen-bond donors (Lipinski definition) is 0. The van der Waals surface area contributed by atoms with Crippen LogP contribution in [0, 0.1) is 0 Å². The van der Waals surface area contributed by atoms with Gasteiger partial charge in [0.2, 0.25) is 0 Å². The molecule has 70 valence electrons. The zero-order valence-electron chi connectivity index (χ0n) is 6.25. The van der Waals surface area contributed by atoms with Crippen molar-refractivity contribution < 1.29 is 12.6 Å². The fourth-order valence-corrected chi connectivity index (χ4v) is 2.89. The monoisotopic (exact) mass is 238 g/mol. The van der Waals surface area contributed by atoms with Crippen molar-refractivity contribution in [2.45, 2.75) is 5.75 Å². The van der Waals surface area contributed by atoms with Gasteiger partial charge in [-0.05, 0) is 12.1 Å². The largest absolute Gasteiger partial charge is 0.380 e. The molecule has 1 aromatic rings. The first-order valence-electron chi connectivity index (χ1n) is 3.38. The van der Waals surface area contributed by atoms with Crippen LogP contribution in [0.1, 0.15) is 5.56 Å². The van der Waals surface area contributed by atoms with Crippen LogP contribution in [0.4, 0.5) is 0 Å². The second-order valence-electron chi connectivity index (χ2n) is 2.66. The van der Waals surface area contributed by atoms with Crippen LogP contribution in [-0.4, -0.2) is 8.42 Å². The van der Waals surface area contributed by atoms with Gasteiger partial charge in [-0.1, -0.05) is 23.2 Å². The van der Waals surface area contributed by atoms with E-state index in [9.17, 15) is 8.42 Å². The van der Waals surface area contributed by atoms with Gasteiger partial charge in [-0.15, -0.1) is 0 Å². The third kappa shape index (κ3) is 1.61. The summed E-state index contributed by atoms with van der Waals surface area (Å²) < 4.78 is 26.7. The molecule has 2 rings (SSSR count). The maximum absolute atomic E-state index is 11.0. The summed E-state index contributed by atoms with van der Waals surface area (Å²) in [5, 5.41) is 0.632. The van der Waals surface area contributed by atoms with Crippen LogP contribution in [0.25, 0.3) is 0 Å². The minimum atomic E-state index is -3.49. The normalized spacial score (nSPS) is 18.0. The maximum Gasteiger partial charge on any atom is 0.313 e. The lowest BCUT2D eigenvalue weighted by molar-refractivity contribution is 0.499. The lowest BCUT2D eigenvalue weighted by atomic mass is 10.2. The van der Waals surface area contributed by atoms with Crippen molar-refractivity contribution in [1.82, 2.24) is 0 Å². The smallest absolute Gasteiger partial charge is 0.313 e. The molecule has 0 saturated heterocycles. The first-order chi connectivity index (χ1) is 5.98. The highest BCUT2D eigenvalue weighted by Crippen LogP contribution is 2.38. The van der Waals surface area contributed by atoms with Crippen molar-refractivity contribution in [3.63, 3.8) is 0 Å². The molecule has 1 heterocycles. The minimum Gasteiger partial charge on any atom is -0.380 e. The Bertz CT molecular complexity index is 467. The third-order valence-corrected chi connectivity index (χ3v) is 3.21. The average molecular weight is 239 g/mol. The molecule has 1 aromatic carbocycles. The van der Waals surface area contributed by atoms with Gasteiger partial charge in [-0.25, -0.2) is 0 Å². The lowest BCUT2D eigenvalue weighted by Gasteiger charge is -1.99. The van der Waals surface area contributed by atoms with E-state index in [-0.39, 0.29) is 16.5 Å². The van der Waals surface area contributed by atoms with Crippen molar-refractivity contribution >= 4 is 33.3 Å². The van der Waals surface area contributed by atoms with E-state index >= 15 is 0 Å². The van der Waals surface area contributed by atoms with Crippen molar-refractivity contribution in [3.05, 3.63) is 27.7 Å². The van der Waals surface area contributed by atoms with Crippen LogP contribution in [0.2, 0.25) is 10.0 Å². The number of rotatable bonds is 0. The molecular formula is C7H4Cl2O3S. The van der Waals surface area contributed by atoms with Gasteiger partial charge in [0.1, 0.15) is 5.75 Å². The van der Waals surface area contributed by atoms with Crippen molar-refractivity contribution in [2.75, 3.05) is 0 Å². The second kappa shape index (κ2) is 2.77. The highest BCUT2D eigenvalue weighted by Gasteiger charge is 2.28.